The van der Waals surface area contributed by atoms with Crippen LogP contribution < -0.4 is 10.2 Å². The van der Waals surface area contributed by atoms with Gasteiger partial charge < -0.3 is 10.2 Å². The zero-order chi connectivity index (χ0) is 22.9. The Morgan fingerprint density at radius 2 is 1.88 bits per heavy atom. The van der Waals surface area contributed by atoms with Crippen LogP contribution in [0.2, 0.25) is 0 Å². The van der Waals surface area contributed by atoms with Gasteiger partial charge in [0.05, 0.1) is 12.2 Å². The predicted octanol–water partition coefficient (Wildman–Crippen LogP) is 4.87. The third-order valence-corrected chi connectivity index (χ3v) is 6.98. The number of fused-ring (bicyclic) bond motifs is 1. The summed E-state index contributed by atoms with van der Waals surface area (Å²) in [5.74, 6) is 0.196. The van der Waals surface area contributed by atoms with Crippen molar-refractivity contribution in [2.24, 2.45) is 5.41 Å². The number of hydrogen-bond acceptors (Lipinski definition) is 5. The molecule has 0 atom stereocenters. The van der Waals surface area contributed by atoms with Crippen LogP contribution in [0.5, 0.6) is 0 Å². The van der Waals surface area contributed by atoms with Gasteiger partial charge in [-0.05, 0) is 62.4 Å². The number of piperidine rings is 1. The van der Waals surface area contributed by atoms with E-state index in [1.54, 1.807) is 0 Å². The number of aryl methyl sites for hydroxylation is 1. The molecule has 172 valence electrons. The summed E-state index contributed by atoms with van der Waals surface area (Å²) >= 11 is 1.52. The number of rotatable bonds is 5. The summed E-state index contributed by atoms with van der Waals surface area (Å²) < 4.78 is 0. The monoisotopic (exact) mass is 454 g/mol. The standard InChI is InChI=1S/C25H34N4O2S/c1-17-23(27-24(32-17)26-21(30)16-28-11-6-5-7-12-28)19-8-9-20-18(14-19)10-13-29(20)22(31)15-25(2,3)4/h8-9,14H,5-7,10-13,15-16H2,1-4H3,(H,26,27,30). The Hall–Kier alpha value is -2.25. The molecule has 1 aromatic heterocycles. The molecule has 4 rings (SSSR count). The second-order valence-corrected chi connectivity index (χ2v) is 11.4. The molecule has 0 aliphatic carbocycles. The van der Waals surface area contributed by atoms with Crippen molar-refractivity contribution in [2.45, 2.75) is 59.8 Å². The Kier molecular flexibility index (Phi) is 6.67. The van der Waals surface area contributed by atoms with Gasteiger partial charge in [0, 0.05) is 29.1 Å². The van der Waals surface area contributed by atoms with Gasteiger partial charge in [0.2, 0.25) is 11.8 Å². The number of likely N-dealkylation sites (tertiary alicyclic amines) is 1. The maximum atomic E-state index is 12.8. The summed E-state index contributed by atoms with van der Waals surface area (Å²) in [6.45, 7) is 11.5. The minimum absolute atomic E-state index is 0.00848. The topological polar surface area (TPSA) is 65.5 Å². The quantitative estimate of drug-likeness (QED) is 0.700. The van der Waals surface area contributed by atoms with E-state index in [0.29, 0.717) is 18.1 Å². The van der Waals surface area contributed by atoms with Gasteiger partial charge in [-0.3, -0.25) is 14.5 Å². The third-order valence-electron chi connectivity index (χ3n) is 6.09. The average Bonchev–Trinajstić information content (AvgIpc) is 3.30. The van der Waals surface area contributed by atoms with Gasteiger partial charge >= 0.3 is 0 Å². The van der Waals surface area contributed by atoms with Crippen LogP contribution in [0.25, 0.3) is 11.3 Å². The predicted molar refractivity (Wildman–Crippen MR) is 131 cm³/mol. The summed E-state index contributed by atoms with van der Waals surface area (Å²) in [5.41, 5.74) is 4.13. The molecule has 2 amide bonds. The molecule has 2 aliphatic rings. The van der Waals surface area contributed by atoms with E-state index < -0.39 is 0 Å². The number of thiazole rings is 1. The third kappa shape index (κ3) is 5.38. The molecule has 1 N–H and O–H groups in total. The fourth-order valence-electron chi connectivity index (χ4n) is 4.55. The van der Waals surface area contributed by atoms with Gasteiger partial charge in [0.1, 0.15) is 0 Å². The molecule has 1 aromatic carbocycles. The number of amides is 2. The first-order valence-corrected chi connectivity index (χ1v) is 12.4. The van der Waals surface area contributed by atoms with Crippen LogP contribution in [0.4, 0.5) is 10.8 Å². The molecule has 0 spiro atoms. The summed E-state index contributed by atoms with van der Waals surface area (Å²) in [6.07, 6.45) is 5.01. The molecule has 2 aliphatic heterocycles. The molecular formula is C25H34N4O2S. The lowest BCUT2D eigenvalue weighted by Gasteiger charge is -2.25. The molecular weight excluding hydrogens is 420 g/mol. The molecule has 1 fully saturated rings. The molecule has 0 saturated carbocycles. The summed E-state index contributed by atoms with van der Waals surface area (Å²) in [7, 11) is 0. The first-order chi connectivity index (χ1) is 15.2. The number of anilines is 2. The van der Waals surface area contributed by atoms with Gasteiger partial charge in [-0.1, -0.05) is 33.3 Å². The van der Waals surface area contributed by atoms with Gasteiger partial charge in [-0.2, -0.15) is 0 Å². The maximum absolute atomic E-state index is 12.8. The zero-order valence-corrected chi connectivity index (χ0v) is 20.5. The molecule has 3 heterocycles. The second kappa shape index (κ2) is 9.32. The lowest BCUT2D eigenvalue weighted by Crippen LogP contribution is -2.36. The summed E-state index contributed by atoms with van der Waals surface area (Å²) in [4.78, 5) is 35.2. The molecule has 0 unspecified atom stereocenters. The van der Waals surface area contributed by atoms with Gasteiger partial charge in [0.15, 0.2) is 5.13 Å². The Balaban J connectivity index is 1.45. The first-order valence-electron chi connectivity index (χ1n) is 11.6. The normalized spacial score (nSPS) is 16.8. The van der Waals surface area contributed by atoms with E-state index in [4.69, 9.17) is 4.98 Å². The van der Waals surface area contributed by atoms with Crippen LogP contribution in [0.1, 0.15) is 56.9 Å². The highest BCUT2D eigenvalue weighted by Crippen LogP contribution is 2.36. The molecule has 6 nitrogen and oxygen atoms in total. The highest BCUT2D eigenvalue weighted by atomic mass is 32.1. The van der Waals surface area contributed by atoms with E-state index >= 15 is 0 Å². The zero-order valence-electron chi connectivity index (χ0n) is 19.7. The van der Waals surface area contributed by atoms with Crippen molar-refractivity contribution < 1.29 is 9.59 Å². The van der Waals surface area contributed by atoms with Crippen LogP contribution in [-0.4, -0.2) is 47.9 Å². The molecule has 32 heavy (non-hydrogen) atoms. The molecule has 2 aromatic rings. The highest BCUT2D eigenvalue weighted by molar-refractivity contribution is 7.16. The largest absolute Gasteiger partial charge is 0.312 e. The van der Waals surface area contributed by atoms with E-state index in [1.807, 2.05) is 24.0 Å². The lowest BCUT2D eigenvalue weighted by molar-refractivity contribution is -0.120. The van der Waals surface area contributed by atoms with Crippen LogP contribution in [0, 0.1) is 12.3 Å². The minimum Gasteiger partial charge on any atom is -0.312 e. The van der Waals surface area contributed by atoms with Crippen LogP contribution in [0.3, 0.4) is 0 Å². The summed E-state index contributed by atoms with van der Waals surface area (Å²) in [6, 6.07) is 6.25. The van der Waals surface area contributed by atoms with Crippen molar-refractivity contribution in [3.63, 3.8) is 0 Å². The van der Waals surface area contributed by atoms with E-state index in [-0.39, 0.29) is 17.2 Å². The number of nitrogens with zero attached hydrogens (tertiary/aromatic N) is 3. The molecule has 0 bridgehead atoms. The number of carbonyl (C=O) groups is 2. The van der Waals surface area contributed by atoms with E-state index in [9.17, 15) is 9.59 Å². The van der Waals surface area contributed by atoms with E-state index in [1.165, 1.54) is 36.2 Å². The van der Waals surface area contributed by atoms with Crippen molar-refractivity contribution in [3.05, 3.63) is 28.6 Å². The van der Waals surface area contributed by atoms with Gasteiger partial charge in [0.25, 0.3) is 0 Å². The van der Waals surface area contributed by atoms with Gasteiger partial charge in [-0.25, -0.2) is 4.98 Å². The number of benzene rings is 1. The van der Waals surface area contributed by atoms with Gasteiger partial charge in [-0.15, -0.1) is 11.3 Å². The van der Waals surface area contributed by atoms with Crippen LogP contribution in [0.15, 0.2) is 18.2 Å². The van der Waals surface area contributed by atoms with Crippen molar-refractivity contribution in [3.8, 4) is 11.3 Å². The number of nitrogens with one attached hydrogen (secondary N) is 1. The first kappa shape index (κ1) is 22.9. The number of hydrogen-bond donors (Lipinski definition) is 1. The molecule has 0 radical (unpaired) electrons. The minimum atomic E-state index is -0.0215. The Bertz CT molecular complexity index is 1000. The van der Waals surface area contributed by atoms with Crippen molar-refractivity contribution in [1.29, 1.82) is 0 Å². The Morgan fingerprint density at radius 3 is 2.59 bits per heavy atom. The average molecular weight is 455 g/mol. The van der Waals surface area contributed by atoms with Crippen LogP contribution in [-0.2, 0) is 16.0 Å². The smallest absolute Gasteiger partial charge is 0.240 e. The fraction of sp³-hybridized carbons (Fsp3) is 0.560. The maximum Gasteiger partial charge on any atom is 0.240 e. The number of aromatic nitrogens is 1. The number of carbonyl (C=O) groups excluding carboxylic acids is 2. The molecule has 1 saturated heterocycles. The molecule has 7 heteroatoms. The van der Waals surface area contributed by atoms with Crippen LogP contribution >= 0.6 is 11.3 Å². The van der Waals surface area contributed by atoms with E-state index in [2.05, 4.69) is 37.1 Å². The fourth-order valence-corrected chi connectivity index (χ4v) is 5.41. The lowest BCUT2D eigenvalue weighted by atomic mass is 9.91. The highest BCUT2D eigenvalue weighted by Gasteiger charge is 2.28. The van der Waals surface area contributed by atoms with E-state index in [0.717, 1.165) is 47.9 Å². The Labute approximate surface area is 195 Å². The summed E-state index contributed by atoms with van der Waals surface area (Å²) in [5, 5.41) is 3.64. The SMILES string of the molecule is Cc1sc(NC(=O)CN2CCCCC2)nc1-c1ccc2c(c1)CCN2C(=O)CC(C)(C)C. The second-order valence-electron chi connectivity index (χ2n) is 10.2. The van der Waals surface area contributed by atoms with Crippen molar-refractivity contribution >= 4 is 34.0 Å². The van der Waals surface area contributed by atoms with Crippen molar-refractivity contribution in [1.82, 2.24) is 9.88 Å². The van der Waals surface area contributed by atoms with Crippen molar-refractivity contribution in [2.75, 3.05) is 36.4 Å². The Morgan fingerprint density at radius 1 is 1.12 bits per heavy atom.